The van der Waals surface area contributed by atoms with E-state index >= 15 is 0 Å². The van der Waals surface area contributed by atoms with Crippen LogP contribution in [0, 0.1) is 11.8 Å². The van der Waals surface area contributed by atoms with Crippen molar-refractivity contribution in [3.63, 3.8) is 0 Å². The molecule has 6 nitrogen and oxygen atoms in total. The van der Waals surface area contributed by atoms with Crippen LogP contribution in [0.1, 0.15) is 25.7 Å². The Hall–Kier alpha value is -1.46. The van der Waals surface area contributed by atoms with Gasteiger partial charge in [0.15, 0.2) is 0 Å². The number of nitrogens with zero attached hydrogens (tertiary/aromatic N) is 2. The summed E-state index contributed by atoms with van der Waals surface area (Å²) in [5, 5.41) is 0. The van der Waals surface area contributed by atoms with E-state index in [-0.39, 0.29) is 12.2 Å². The number of hydrogen-bond donors (Lipinski definition) is 0. The maximum absolute atomic E-state index is 11.4. The second-order valence-corrected chi connectivity index (χ2v) is 6.01. The lowest BCUT2D eigenvalue weighted by Gasteiger charge is -2.31. The minimum atomic E-state index is -0.160. The van der Waals surface area contributed by atoms with Gasteiger partial charge in [0.05, 0.1) is 13.1 Å². The van der Waals surface area contributed by atoms with E-state index in [1.54, 1.807) is 0 Å². The number of cyclic esters (lactones) is 2. The quantitative estimate of drug-likeness (QED) is 0.787. The molecule has 2 amide bonds. The Balaban J connectivity index is 1.40. The van der Waals surface area contributed by atoms with Gasteiger partial charge in [-0.15, -0.1) is 0 Å². The van der Waals surface area contributed by atoms with Crippen molar-refractivity contribution in [1.82, 2.24) is 9.80 Å². The molecule has 1 aliphatic carbocycles. The first-order valence-electron chi connectivity index (χ1n) is 7.56. The smallest absolute Gasteiger partial charge is 0.409 e. The summed E-state index contributed by atoms with van der Waals surface area (Å²) in [7, 11) is 0. The Labute approximate surface area is 119 Å². The fourth-order valence-electron chi connectivity index (χ4n) is 3.40. The Kier molecular flexibility index (Phi) is 3.98. The molecule has 0 aromatic rings. The predicted molar refractivity (Wildman–Crippen MR) is 71.3 cm³/mol. The predicted octanol–water partition coefficient (Wildman–Crippen LogP) is 1.70. The van der Waals surface area contributed by atoms with Gasteiger partial charge in [-0.2, -0.15) is 0 Å². The number of rotatable bonds is 4. The van der Waals surface area contributed by atoms with Gasteiger partial charge in [0, 0.05) is 13.1 Å². The van der Waals surface area contributed by atoms with Gasteiger partial charge in [-0.05, 0) is 37.5 Å². The third-order valence-corrected chi connectivity index (χ3v) is 4.61. The third-order valence-electron chi connectivity index (χ3n) is 4.61. The van der Waals surface area contributed by atoms with Crippen LogP contribution in [0.2, 0.25) is 0 Å². The monoisotopic (exact) mass is 282 g/mol. The summed E-state index contributed by atoms with van der Waals surface area (Å²) in [6, 6.07) is 0. The lowest BCUT2D eigenvalue weighted by atomic mass is 9.81. The summed E-state index contributed by atoms with van der Waals surface area (Å²) in [5.74, 6) is 1.17. The number of ether oxygens (including phenoxy) is 2. The van der Waals surface area contributed by atoms with Gasteiger partial charge in [-0.25, -0.2) is 9.59 Å². The Morgan fingerprint density at radius 2 is 1.20 bits per heavy atom. The Morgan fingerprint density at radius 1 is 0.800 bits per heavy atom. The highest BCUT2D eigenvalue weighted by molar-refractivity contribution is 5.69. The molecule has 2 heterocycles. The normalized spacial score (nSPS) is 30.6. The van der Waals surface area contributed by atoms with Gasteiger partial charge in [-0.3, -0.25) is 0 Å². The van der Waals surface area contributed by atoms with Crippen LogP contribution >= 0.6 is 0 Å². The maximum atomic E-state index is 11.4. The first kappa shape index (κ1) is 13.5. The largest absolute Gasteiger partial charge is 0.448 e. The summed E-state index contributed by atoms with van der Waals surface area (Å²) in [6.07, 6.45) is 4.22. The molecule has 0 bridgehead atoms. The zero-order valence-corrected chi connectivity index (χ0v) is 11.8. The van der Waals surface area contributed by atoms with Crippen molar-refractivity contribution in [2.75, 3.05) is 39.4 Å². The molecular weight excluding hydrogens is 260 g/mol. The highest BCUT2D eigenvalue weighted by Crippen LogP contribution is 2.30. The van der Waals surface area contributed by atoms with Crippen LogP contribution in [0.25, 0.3) is 0 Å². The van der Waals surface area contributed by atoms with Crippen LogP contribution in [-0.2, 0) is 9.47 Å². The molecule has 0 aromatic carbocycles. The van der Waals surface area contributed by atoms with Gasteiger partial charge in [0.1, 0.15) is 13.2 Å². The van der Waals surface area contributed by atoms with Crippen molar-refractivity contribution in [3.05, 3.63) is 0 Å². The molecular formula is C14H22N2O4. The molecule has 3 fully saturated rings. The van der Waals surface area contributed by atoms with Crippen LogP contribution in [-0.4, -0.2) is 61.4 Å². The topological polar surface area (TPSA) is 59.1 Å². The lowest BCUT2D eigenvalue weighted by molar-refractivity contribution is 0.137. The molecule has 0 atom stereocenters. The SMILES string of the molecule is O=C1OCCN1CC1CCC(CN2CCOC2=O)CC1. The fourth-order valence-corrected chi connectivity index (χ4v) is 3.40. The number of hydrogen-bond acceptors (Lipinski definition) is 4. The second-order valence-electron chi connectivity index (χ2n) is 6.01. The van der Waals surface area contributed by atoms with Gasteiger partial charge >= 0.3 is 12.2 Å². The Bertz CT molecular complexity index is 343. The van der Waals surface area contributed by atoms with E-state index in [0.29, 0.717) is 25.0 Å². The number of amides is 2. The molecule has 0 aromatic heterocycles. The molecule has 3 aliphatic rings. The van der Waals surface area contributed by atoms with Gasteiger partial charge < -0.3 is 19.3 Å². The summed E-state index contributed by atoms with van der Waals surface area (Å²) in [4.78, 5) is 26.5. The van der Waals surface area contributed by atoms with Crippen molar-refractivity contribution >= 4 is 12.2 Å². The van der Waals surface area contributed by atoms with Gasteiger partial charge in [-0.1, -0.05) is 0 Å². The molecule has 6 heteroatoms. The van der Waals surface area contributed by atoms with Gasteiger partial charge in [0.25, 0.3) is 0 Å². The molecule has 0 radical (unpaired) electrons. The van der Waals surface area contributed by atoms with E-state index < -0.39 is 0 Å². The highest BCUT2D eigenvalue weighted by Gasteiger charge is 2.30. The first-order valence-corrected chi connectivity index (χ1v) is 7.56. The zero-order chi connectivity index (χ0) is 13.9. The molecule has 3 rings (SSSR count). The van der Waals surface area contributed by atoms with Crippen LogP contribution < -0.4 is 0 Å². The van der Waals surface area contributed by atoms with Crippen molar-refractivity contribution in [1.29, 1.82) is 0 Å². The fraction of sp³-hybridized carbons (Fsp3) is 0.857. The summed E-state index contributed by atoms with van der Waals surface area (Å²) < 4.78 is 9.92. The minimum Gasteiger partial charge on any atom is -0.448 e. The molecule has 0 spiro atoms. The molecule has 1 saturated carbocycles. The highest BCUT2D eigenvalue weighted by atomic mass is 16.6. The average Bonchev–Trinajstić information content (AvgIpc) is 3.02. The van der Waals surface area contributed by atoms with E-state index in [9.17, 15) is 9.59 Å². The van der Waals surface area contributed by atoms with E-state index in [2.05, 4.69) is 0 Å². The van der Waals surface area contributed by atoms with E-state index in [4.69, 9.17) is 9.47 Å². The minimum absolute atomic E-state index is 0.160. The van der Waals surface area contributed by atoms with Crippen LogP contribution in [0.4, 0.5) is 9.59 Å². The molecule has 20 heavy (non-hydrogen) atoms. The first-order chi connectivity index (χ1) is 9.72. The van der Waals surface area contributed by atoms with Crippen molar-refractivity contribution in [3.8, 4) is 0 Å². The zero-order valence-electron chi connectivity index (χ0n) is 11.8. The summed E-state index contributed by atoms with van der Waals surface area (Å²) in [6.45, 7) is 4.20. The molecule has 112 valence electrons. The van der Waals surface area contributed by atoms with Crippen molar-refractivity contribution < 1.29 is 19.1 Å². The molecule has 0 N–H and O–H groups in total. The maximum Gasteiger partial charge on any atom is 0.409 e. The number of carbonyl (C=O) groups is 2. The number of carbonyl (C=O) groups excluding carboxylic acids is 2. The van der Waals surface area contributed by atoms with Crippen molar-refractivity contribution in [2.24, 2.45) is 11.8 Å². The van der Waals surface area contributed by atoms with Gasteiger partial charge in [0.2, 0.25) is 0 Å². The average molecular weight is 282 g/mol. The second kappa shape index (κ2) is 5.89. The van der Waals surface area contributed by atoms with Crippen LogP contribution in [0.5, 0.6) is 0 Å². The standard InChI is InChI=1S/C14H22N2O4/c17-13-15(5-7-19-13)9-11-1-2-12(4-3-11)10-16-6-8-20-14(16)18/h11-12H,1-10H2. The third kappa shape index (κ3) is 2.99. The van der Waals surface area contributed by atoms with Crippen molar-refractivity contribution in [2.45, 2.75) is 25.7 Å². The van der Waals surface area contributed by atoms with Crippen LogP contribution in [0.3, 0.4) is 0 Å². The molecule has 0 unspecified atom stereocenters. The van der Waals surface area contributed by atoms with E-state index in [0.717, 1.165) is 51.9 Å². The summed E-state index contributed by atoms with van der Waals surface area (Å²) >= 11 is 0. The molecule has 2 aliphatic heterocycles. The Morgan fingerprint density at radius 3 is 1.50 bits per heavy atom. The van der Waals surface area contributed by atoms with E-state index in [1.807, 2.05) is 9.80 Å². The lowest BCUT2D eigenvalue weighted by Crippen LogP contribution is -2.35. The summed E-state index contributed by atoms with van der Waals surface area (Å²) in [5.41, 5.74) is 0. The molecule has 2 saturated heterocycles. The van der Waals surface area contributed by atoms with E-state index in [1.165, 1.54) is 0 Å². The van der Waals surface area contributed by atoms with Crippen LogP contribution in [0.15, 0.2) is 0 Å².